The minimum Gasteiger partial charge on any atom is -0.486 e. The van der Waals surface area contributed by atoms with E-state index in [2.05, 4.69) is 15.0 Å². The Morgan fingerprint density at radius 3 is 2.69 bits per heavy atom. The van der Waals surface area contributed by atoms with E-state index < -0.39 is 17.5 Å². The summed E-state index contributed by atoms with van der Waals surface area (Å²) in [4.78, 5) is 13.5. The smallest absolute Gasteiger partial charge is 0.154 e. The van der Waals surface area contributed by atoms with E-state index >= 15 is 4.39 Å². The third kappa shape index (κ3) is 5.14. The zero-order valence-corrected chi connectivity index (χ0v) is 20.8. The molecule has 0 aliphatic carbocycles. The van der Waals surface area contributed by atoms with Gasteiger partial charge in [-0.25, -0.2) is 8.78 Å². The van der Waals surface area contributed by atoms with Crippen LogP contribution in [0.1, 0.15) is 37.7 Å². The molecule has 0 amide bonds. The number of ether oxygens (including phenoxy) is 1. The highest BCUT2D eigenvalue weighted by molar-refractivity contribution is 8.14. The fourth-order valence-corrected chi connectivity index (χ4v) is 6.42. The van der Waals surface area contributed by atoms with E-state index in [4.69, 9.17) is 15.3 Å². The van der Waals surface area contributed by atoms with Crippen molar-refractivity contribution in [1.29, 1.82) is 0 Å². The number of piperidine rings is 2. The van der Waals surface area contributed by atoms with Crippen LogP contribution in [-0.2, 0) is 4.84 Å². The molecule has 0 saturated carbocycles. The highest BCUT2D eigenvalue weighted by atomic mass is 32.2. The van der Waals surface area contributed by atoms with Gasteiger partial charge in [-0.2, -0.15) is 0 Å². The van der Waals surface area contributed by atoms with Crippen LogP contribution in [-0.4, -0.2) is 94.9 Å². The van der Waals surface area contributed by atoms with Crippen LogP contribution < -0.4 is 10.5 Å². The average molecular weight is 510 g/mol. The summed E-state index contributed by atoms with van der Waals surface area (Å²) in [7, 11) is 1.47. The van der Waals surface area contributed by atoms with Crippen molar-refractivity contribution in [2.45, 2.75) is 55.6 Å². The normalized spacial score (nSPS) is 28.4. The first kappa shape index (κ1) is 24.7. The standard InChI is InChI=1S/C24H33F2N5O3S/c1-33-29-19-13-23(34-20-3-2-16(25)12-18(19)20)4-10-31(11-5-23)21(32)24(26)6-8-30(9-7-24)14-17-15-35-22(27)28-17/h2-3,12,17,21,32H,4-11,13-15H2,1H3,(H2,27,28). The van der Waals surface area contributed by atoms with Crippen LogP contribution in [0.5, 0.6) is 5.75 Å². The second-order valence-electron chi connectivity index (χ2n) is 10.00. The maximum atomic E-state index is 15.9. The van der Waals surface area contributed by atoms with Gasteiger partial charge in [0.2, 0.25) is 0 Å². The molecule has 1 spiro atoms. The summed E-state index contributed by atoms with van der Waals surface area (Å²) in [5, 5.41) is 15.8. The van der Waals surface area contributed by atoms with Gasteiger partial charge in [0.25, 0.3) is 0 Å². The molecule has 2 atom stereocenters. The number of amidine groups is 1. The number of hydrogen-bond acceptors (Lipinski definition) is 9. The molecule has 3 N–H and O–H groups in total. The molecule has 5 rings (SSSR count). The largest absolute Gasteiger partial charge is 0.486 e. The molecule has 11 heteroatoms. The monoisotopic (exact) mass is 509 g/mol. The minimum atomic E-state index is -1.64. The van der Waals surface area contributed by atoms with Gasteiger partial charge in [0, 0.05) is 63.3 Å². The van der Waals surface area contributed by atoms with E-state index in [1.54, 1.807) is 17.8 Å². The highest BCUT2D eigenvalue weighted by Crippen LogP contribution is 2.41. The van der Waals surface area contributed by atoms with Gasteiger partial charge >= 0.3 is 0 Å². The molecule has 2 fully saturated rings. The van der Waals surface area contributed by atoms with Crippen molar-refractivity contribution in [2.75, 3.05) is 45.6 Å². The molecular formula is C24H33F2N5O3S. The van der Waals surface area contributed by atoms with Crippen LogP contribution in [0.2, 0.25) is 0 Å². The molecule has 4 aliphatic heterocycles. The van der Waals surface area contributed by atoms with E-state index in [9.17, 15) is 9.50 Å². The van der Waals surface area contributed by atoms with E-state index in [1.165, 1.54) is 19.2 Å². The van der Waals surface area contributed by atoms with Crippen LogP contribution in [0.25, 0.3) is 0 Å². The number of rotatable bonds is 5. The Hall–Kier alpha value is -1.95. The maximum Gasteiger partial charge on any atom is 0.154 e. The van der Waals surface area contributed by atoms with E-state index in [0.29, 0.717) is 67.6 Å². The maximum absolute atomic E-state index is 15.9. The lowest BCUT2D eigenvalue weighted by Gasteiger charge is -2.48. The molecule has 192 valence electrons. The molecule has 0 bridgehead atoms. The summed E-state index contributed by atoms with van der Waals surface area (Å²) in [6, 6.07) is 4.56. The molecule has 1 aromatic rings. The number of likely N-dealkylation sites (tertiary alicyclic amines) is 2. The van der Waals surface area contributed by atoms with Crippen LogP contribution in [0.3, 0.4) is 0 Å². The number of oxime groups is 1. The molecular weight excluding hydrogens is 476 g/mol. The first-order valence-corrected chi connectivity index (χ1v) is 13.2. The second kappa shape index (κ2) is 9.84. The van der Waals surface area contributed by atoms with Gasteiger partial charge in [0.1, 0.15) is 30.5 Å². The van der Waals surface area contributed by atoms with Crippen molar-refractivity contribution in [2.24, 2.45) is 15.9 Å². The van der Waals surface area contributed by atoms with Gasteiger partial charge in [0.05, 0.1) is 11.8 Å². The van der Waals surface area contributed by atoms with Gasteiger partial charge in [-0.1, -0.05) is 16.9 Å². The first-order valence-electron chi connectivity index (χ1n) is 12.2. The molecule has 2 unspecified atom stereocenters. The number of fused-ring (bicyclic) bond motifs is 1. The molecule has 0 radical (unpaired) electrons. The molecule has 2 saturated heterocycles. The third-order valence-corrected chi connectivity index (χ3v) is 8.63. The van der Waals surface area contributed by atoms with Crippen molar-refractivity contribution in [3.63, 3.8) is 0 Å². The fourth-order valence-electron chi connectivity index (χ4n) is 5.65. The lowest BCUT2D eigenvalue weighted by Crippen LogP contribution is -2.60. The van der Waals surface area contributed by atoms with Crippen LogP contribution in [0.4, 0.5) is 8.78 Å². The van der Waals surface area contributed by atoms with Gasteiger partial charge in [-0.3, -0.25) is 9.89 Å². The Kier molecular flexibility index (Phi) is 6.95. The predicted molar refractivity (Wildman–Crippen MR) is 132 cm³/mol. The Morgan fingerprint density at radius 1 is 1.29 bits per heavy atom. The number of aliphatic imine (C=N–C) groups is 1. The molecule has 8 nitrogen and oxygen atoms in total. The Balaban J connectivity index is 1.19. The Bertz CT molecular complexity index is 993. The first-order chi connectivity index (χ1) is 16.8. The van der Waals surface area contributed by atoms with Crippen molar-refractivity contribution in [3.8, 4) is 5.75 Å². The number of aliphatic hydroxyl groups is 1. The summed E-state index contributed by atoms with van der Waals surface area (Å²) in [5.41, 5.74) is 4.82. The minimum absolute atomic E-state index is 0.166. The summed E-state index contributed by atoms with van der Waals surface area (Å²) in [6.45, 7) is 2.96. The lowest BCUT2D eigenvalue weighted by atomic mass is 9.81. The van der Waals surface area contributed by atoms with Crippen LogP contribution in [0, 0.1) is 5.82 Å². The number of aliphatic hydroxyl groups excluding tert-OH is 1. The highest BCUT2D eigenvalue weighted by Gasteiger charge is 2.48. The van der Waals surface area contributed by atoms with E-state index in [1.807, 2.05) is 4.90 Å². The molecule has 1 aromatic carbocycles. The SMILES string of the molecule is CON=C1CC2(CCN(C(O)C3(F)CCN(CC4CSC(N)=N4)CC3)CC2)Oc2ccc(F)cc21. The average Bonchev–Trinajstić information content (AvgIpc) is 3.26. The molecule has 0 aromatic heterocycles. The second-order valence-corrected chi connectivity index (χ2v) is 11.0. The number of hydrogen-bond donors (Lipinski definition) is 2. The van der Waals surface area contributed by atoms with E-state index in [-0.39, 0.29) is 24.7 Å². The van der Waals surface area contributed by atoms with E-state index in [0.717, 1.165) is 12.3 Å². The predicted octanol–water partition coefficient (Wildman–Crippen LogP) is 2.35. The van der Waals surface area contributed by atoms with Gasteiger partial charge in [-0.05, 0) is 31.0 Å². The number of halogens is 2. The number of benzene rings is 1. The van der Waals surface area contributed by atoms with Gasteiger partial charge in [0.15, 0.2) is 10.8 Å². The quantitative estimate of drug-likeness (QED) is 0.589. The summed E-state index contributed by atoms with van der Waals surface area (Å²) >= 11 is 1.57. The lowest BCUT2D eigenvalue weighted by molar-refractivity contribution is -0.148. The zero-order valence-electron chi connectivity index (χ0n) is 20.0. The van der Waals surface area contributed by atoms with Crippen LogP contribution in [0.15, 0.2) is 28.3 Å². The van der Waals surface area contributed by atoms with Crippen molar-refractivity contribution in [1.82, 2.24) is 9.80 Å². The number of thioether (sulfide) groups is 1. The van der Waals surface area contributed by atoms with Crippen molar-refractivity contribution in [3.05, 3.63) is 29.6 Å². The Labute approximate surface area is 208 Å². The van der Waals surface area contributed by atoms with Crippen molar-refractivity contribution >= 4 is 22.6 Å². The van der Waals surface area contributed by atoms with Crippen molar-refractivity contribution < 1.29 is 23.5 Å². The number of nitrogens with zero attached hydrogens (tertiary/aromatic N) is 4. The molecule has 4 heterocycles. The van der Waals surface area contributed by atoms with Gasteiger partial charge in [-0.15, -0.1) is 0 Å². The Morgan fingerprint density at radius 2 is 2.03 bits per heavy atom. The van der Waals surface area contributed by atoms with Crippen LogP contribution >= 0.6 is 11.8 Å². The number of alkyl halides is 1. The summed E-state index contributed by atoms with van der Waals surface area (Å²) in [6.07, 6.45) is 1.09. The van der Waals surface area contributed by atoms with Gasteiger partial charge < -0.3 is 25.3 Å². The fraction of sp³-hybridized carbons (Fsp3) is 0.667. The zero-order chi connectivity index (χ0) is 24.6. The summed E-state index contributed by atoms with van der Waals surface area (Å²) < 4.78 is 36.0. The third-order valence-electron chi connectivity index (χ3n) is 7.68. The number of nitrogens with two attached hydrogens (primary N) is 1. The summed E-state index contributed by atoms with van der Waals surface area (Å²) in [5.74, 6) is 1.09. The molecule has 4 aliphatic rings. The molecule has 35 heavy (non-hydrogen) atoms. The topological polar surface area (TPSA) is 95.9 Å².